The molecule has 41 heavy (non-hydrogen) atoms. The third kappa shape index (κ3) is 5.85. The largest absolute Gasteiger partial charge is 0.486 e. The minimum Gasteiger partial charge on any atom is -0.486 e. The molecule has 1 aliphatic rings. The van der Waals surface area contributed by atoms with Crippen LogP contribution in [0.3, 0.4) is 0 Å². The van der Waals surface area contributed by atoms with E-state index in [1.807, 2.05) is 24.3 Å². The summed E-state index contributed by atoms with van der Waals surface area (Å²) in [7, 11) is -3.99. The number of nitrogens with one attached hydrogen (secondary N) is 1. The second kappa shape index (κ2) is 11.0. The van der Waals surface area contributed by atoms with Gasteiger partial charge in [0.15, 0.2) is 0 Å². The Morgan fingerprint density at radius 1 is 1.02 bits per heavy atom. The number of aromatic nitrogens is 1. The number of amides is 1. The van der Waals surface area contributed by atoms with Gasteiger partial charge in [0.1, 0.15) is 23.2 Å². The van der Waals surface area contributed by atoms with E-state index in [4.69, 9.17) is 4.74 Å². The summed E-state index contributed by atoms with van der Waals surface area (Å²) in [5.41, 5.74) is 3.45. The molecule has 1 aliphatic carbocycles. The predicted molar refractivity (Wildman–Crippen MR) is 154 cm³/mol. The van der Waals surface area contributed by atoms with E-state index in [0.717, 1.165) is 26.4 Å². The van der Waals surface area contributed by atoms with Crippen molar-refractivity contribution in [2.24, 2.45) is 5.92 Å². The molecule has 1 aromatic heterocycles. The van der Waals surface area contributed by atoms with Crippen LogP contribution >= 0.6 is 11.3 Å². The summed E-state index contributed by atoms with van der Waals surface area (Å²) in [6.45, 7) is 0.230. The highest BCUT2D eigenvalue weighted by Gasteiger charge is 2.31. The lowest BCUT2D eigenvalue weighted by atomic mass is 9.94. The average Bonchev–Trinajstić information content (AvgIpc) is 3.51. The van der Waals surface area contributed by atoms with Crippen LogP contribution in [-0.2, 0) is 29.5 Å². The standard InChI is InChI=1S/C31H25FN2O5S2/c32-23-10-12-28-27(16-23)33-29(40-28)18-39-24-11-9-20-15-22(30(35)26(20)17-24)14-19-5-4-6-21(13-19)31(36)34-41(37,38)25-7-2-1-3-8-25/h1-13,16-17,22,30,35H,14-15,18H2,(H,34,36). The van der Waals surface area contributed by atoms with Gasteiger partial charge >= 0.3 is 0 Å². The topological polar surface area (TPSA) is 106 Å². The molecule has 7 nitrogen and oxygen atoms in total. The van der Waals surface area contributed by atoms with Crippen LogP contribution in [0.1, 0.15) is 38.2 Å². The zero-order valence-electron chi connectivity index (χ0n) is 21.7. The summed E-state index contributed by atoms with van der Waals surface area (Å²) in [5, 5.41) is 11.9. The lowest BCUT2D eigenvalue weighted by Crippen LogP contribution is -2.30. The molecule has 1 amide bonds. The Bertz CT molecular complexity index is 1860. The van der Waals surface area contributed by atoms with Gasteiger partial charge in [-0.3, -0.25) is 4.79 Å². The summed E-state index contributed by atoms with van der Waals surface area (Å²) >= 11 is 1.44. The van der Waals surface area contributed by atoms with Gasteiger partial charge < -0.3 is 9.84 Å². The number of benzene rings is 4. The summed E-state index contributed by atoms with van der Waals surface area (Å²) in [6.07, 6.45) is 0.426. The van der Waals surface area contributed by atoms with Crippen molar-refractivity contribution in [1.82, 2.24) is 9.71 Å². The highest BCUT2D eigenvalue weighted by molar-refractivity contribution is 7.90. The van der Waals surface area contributed by atoms with Gasteiger partial charge in [-0.2, -0.15) is 0 Å². The number of nitrogens with zero attached hydrogens (tertiary/aromatic N) is 1. The molecule has 1 heterocycles. The number of rotatable bonds is 8. The molecule has 5 aromatic rings. The normalized spacial score (nSPS) is 16.4. The fourth-order valence-corrected chi connectivity index (χ4v) is 6.95. The maximum Gasteiger partial charge on any atom is 0.265 e. The summed E-state index contributed by atoms with van der Waals surface area (Å²) in [4.78, 5) is 17.2. The first-order valence-corrected chi connectivity index (χ1v) is 15.2. The minimum atomic E-state index is -3.99. The molecule has 6 rings (SSSR count). The highest BCUT2D eigenvalue weighted by atomic mass is 32.2. The third-order valence-electron chi connectivity index (χ3n) is 7.09. The van der Waals surface area contributed by atoms with E-state index >= 15 is 0 Å². The van der Waals surface area contributed by atoms with Crippen LogP contribution in [0.2, 0.25) is 0 Å². The van der Waals surface area contributed by atoms with Crippen molar-refractivity contribution in [3.63, 3.8) is 0 Å². The fraction of sp³-hybridized carbons (Fsp3) is 0.161. The van der Waals surface area contributed by atoms with Crippen LogP contribution in [0.25, 0.3) is 10.2 Å². The van der Waals surface area contributed by atoms with E-state index in [0.29, 0.717) is 24.1 Å². The first-order chi connectivity index (χ1) is 19.7. The van der Waals surface area contributed by atoms with Gasteiger partial charge in [-0.25, -0.2) is 22.5 Å². The number of halogens is 1. The SMILES string of the molecule is O=C(NS(=O)(=O)c1ccccc1)c1cccc(CC2Cc3ccc(OCc4nc5cc(F)ccc5s4)cc3C2O)c1. The number of carbonyl (C=O) groups is 1. The van der Waals surface area contributed by atoms with Crippen molar-refractivity contribution >= 4 is 37.5 Å². The molecular weight excluding hydrogens is 563 g/mol. The molecule has 208 valence electrons. The van der Waals surface area contributed by atoms with Crippen LogP contribution < -0.4 is 9.46 Å². The minimum absolute atomic E-state index is 0.00941. The molecule has 0 saturated heterocycles. The Kier molecular flexibility index (Phi) is 7.29. The number of carbonyl (C=O) groups excluding carboxylic acids is 1. The molecule has 0 saturated carbocycles. The number of sulfonamides is 1. The summed E-state index contributed by atoms with van der Waals surface area (Å²) < 4.78 is 47.6. The van der Waals surface area contributed by atoms with Gasteiger partial charge in [0.05, 0.1) is 21.2 Å². The maximum absolute atomic E-state index is 13.5. The summed E-state index contributed by atoms with van der Waals surface area (Å²) in [5.74, 6) is -0.563. The van der Waals surface area contributed by atoms with Gasteiger partial charge in [-0.15, -0.1) is 11.3 Å². The molecule has 10 heteroatoms. The van der Waals surface area contributed by atoms with E-state index in [9.17, 15) is 22.7 Å². The molecule has 2 N–H and O–H groups in total. The molecular formula is C31H25FN2O5S2. The molecule has 2 atom stereocenters. The number of hydrogen-bond acceptors (Lipinski definition) is 7. The Morgan fingerprint density at radius 2 is 1.85 bits per heavy atom. The Balaban J connectivity index is 1.11. The van der Waals surface area contributed by atoms with E-state index < -0.39 is 22.0 Å². The Hall–Kier alpha value is -4.12. The second-order valence-electron chi connectivity index (χ2n) is 9.93. The molecule has 0 aliphatic heterocycles. The van der Waals surface area contributed by atoms with Crippen LogP contribution in [0.15, 0.2) is 95.9 Å². The fourth-order valence-electron chi connectivity index (χ4n) is 5.09. The van der Waals surface area contributed by atoms with E-state index in [2.05, 4.69) is 9.71 Å². The number of thiazole rings is 1. The van der Waals surface area contributed by atoms with Crippen LogP contribution in [0.4, 0.5) is 4.39 Å². The second-order valence-corrected chi connectivity index (χ2v) is 12.7. The van der Waals surface area contributed by atoms with Crippen molar-refractivity contribution in [2.75, 3.05) is 0 Å². The third-order valence-corrected chi connectivity index (χ3v) is 9.45. The van der Waals surface area contributed by atoms with Crippen LogP contribution in [0.5, 0.6) is 5.75 Å². The van der Waals surface area contributed by atoms with E-state index in [1.165, 1.54) is 35.6 Å². The van der Waals surface area contributed by atoms with Gasteiger partial charge in [-0.05, 0) is 84.0 Å². The van der Waals surface area contributed by atoms with Gasteiger partial charge in [0.25, 0.3) is 15.9 Å². The van der Waals surface area contributed by atoms with Crippen LogP contribution in [-0.4, -0.2) is 24.4 Å². The molecule has 0 fully saturated rings. The highest BCUT2D eigenvalue weighted by Crippen LogP contribution is 2.40. The Morgan fingerprint density at radius 3 is 2.68 bits per heavy atom. The maximum atomic E-state index is 13.5. The lowest BCUT2D eigenvalue weighted by molar-refractivity contribution is 0.0981. The zero-order chi connectivity index (χ0) is 28.6. The zero-order valence-corrected chi connectivity index (χ0v) is 23.3. The lowest BCUT2D eigenvalue weighted by Gasteiger charge is -2.16. The van der Waals surface area contributed by atoms with Gasteiger partial charge in [0.2, 0.25) is 0 Å². The number of aliphatic hydroxyl groups is 1. The first-order valence-electron chi connectivity index (χ1n) is 12.9. The molecule has 4 aromatic carbocycles. The van der Waals surface area contributed by atoms with Gasteiger partial charge in [-0.1, -0.05) is 36.4 Å². The monoisotopic (exact) mass is 588 g/mol. The Labute approximate surface area is 240 Å². The van der Waals surface area contributed by atoms with Crippen molar-refractivity contribution in [3.05, 3.63) is 124 Å². The first kappa shape index (κ1) is 27.1. The van der Waals surface area contributed by atoms with E-state index in [-0.39, 0.29) is 28.8 Å². The number of aliphatic hydroxyl groups excluding tert-OH is 1. The van der Waals surface area contributed by atoms with Crippen molar-refractivity contribution in [1.29, 1.82) is 0 Å². The molecule has 0 bridgehead atoms. The number of fused-ring (bicyclic) bond motifs is 2. The molecule has 2 unspecified atom stereocenters. The summed E-state index contributed by atoms with van der Waals surface area (Å²) in [6, 6.07) is 24.6. The predicted octanol–water partition coefficient (Wildman–Crippen LogP) is 5.58. The molecule has 0 radical (unpaired) electrons. The van der Waals surface area contributed by atoms with Crippen molar-refractivity contribution in [2.45, 2.75) is 30.4 Å². The van der Waals surface area contributed by atoms with Crippen molar-refractivity contribution < 1.29 is 27.4 Å². The van der Waals surface area contributed by atoms with Crippen LogP contribution in [0, 0.1) is 11.7 Å². The number of ether oxygens (including phenoxy) is 1. The van der Waals surface area contributed by atoms with Crippen molar-refractivity contribution in [3.8, 4) is 5.75 Å². The molecule has 0 spiro atoms. The average molecular weight is 589 g/mol. The van der Waals surface area contributed by atoms with E-state index in [1.54, 1.807) is 42.5 Å². The van der Waals surface area contributed by atoms with Gasteiger partial charge in [0, 0.05) is 11.6 Å². The number of hydrogen-bond donors (Lipinski definition) is 2. The smallest absolute Gasteiger partial charge is 0.265 e. The quantitative estimate of drug-likeness (QED) is 0.245.